The zero-order valence-corrected chi connectivity index (χ0v) is 30.5. The number of rotatable bonds is 6. The van der Waals surface area contributed by atoms with Crippen LogP contribution < -0.4 is 0 Å². The van der Waals surface area contributed by atoms with Crippen LogP contribution in [0.5, 0.6) is 0 Å². The van der Waals surface area contributed by atoms with Crippen LogP contribution in [0, 0.1) is 0 Å². The summed E-state index contributed by atoms with van der Waals surface area (Å²) in [6, 6.07) is 69.3. The smallest absolute Gasteiger partial charge is 0.150 e. The average Bonchev–Trinajstić information content (AvgIpc) is 3.98. The highest BCUT2D eigenvalue weighted by Crippen LogP contribution is 2.43. The Balaban J connectivity index is 1.09. The molecule has 55 heavy (non-hydrogen) atoms. The number of hydrogen-bond acceptors (Lipinski definition) is 3. The predicted octanol–water partition coefficient (Wildman–Crippen LogP) is 13.4. The van der Waals surface area contributed by atoms with Gasteiger partial charge in [0.05, 0.1) is 22.1 Å². The standard InChI is InChI=1S/C50H32N4S/c1-3-15-33(16-4-1)35-19-11-21-37(31-35)53-45-29-10-8-24-41(45)47-42(26-14-30-46(47)53)49-51-52-50(55-49)43-27-13-25-40-39-23-7-9-28-44(39)54(48(40)43)38-22-12-20-36(32-38)34-17-5-2-6-18-34/h1-32H. The maximum absolute atomic E-state index is 4.93. The molecule has 0 saturated heterocycles. The normalized spacial score (nSPS) is 11.6. The molecule has 4 nitrogen and oxygen atoms in total. The average molecular weight is 721 g/mol. The van der Waals surface area contributed by atoms with Crippen LogP contribution in [0.15, 0.2) is 194 Å². The lowest BCUT2D eigenvalue weighted by Gasteiger charge is -2.12. The minimum Gasteiger partial charge on any atom is -0.309 e. The van der Waals surface area contributed by atoms with Gasteiger partial charge in [-0.1, -0.05) is 157 Å². The third kappa shape index (κ3) is 5.12. The molecule has 0 spiro atoms. The Hall–Kier alpha value is -7.08. The fourth-order valence-corrected chi connectivity index (χ4v) is 9.19. The van der Waals surface area contributed by atoms with Gasteiger partial charge in [-0.2, -0.15) is 0 Å². The van der Waals surface area contributed by atoms with E-state index in [1.807, 2.05) is 0 Å². The molecule has 3 aromatic heterocycles. The minimum absolute atomic E-state index is 0.889. The predicted molar refractivity (Wildman–Crippen MR) is 230 cm³/mol. The number of para-hydroxylation sites is 3. The van der Waals surface area contributed by atoms with E-state index in [-0.39, 0.29) is 0 Å². The summed E-state index contributed by atoms with van der Waals surface area (Å²) in [6.07, 6.45) is 0. The van der Waals surface area contributed by atoms with Crippen LogP contribution in [0.25, 0.3) is 98.4 Å². The minimum atomic E-state index is 0.889. The van der Waals surface area contributed by atoms with Gasteiger partial charge in [0.25, 0.3) is 0 Å². The van der Waals surface area contributed by atoms with Gasteiger partial charge in [-0.15, -0.1) is 10.2 Å². The van der Waals surface area contributed by atoms with Gasteiger partial charge in [0.1, 0.15) is 10.0 Å². The zero-order chi connectivity index (χ0) is 36.3. The molecule has 8 aromatic carbocycles. The number of aromatic nitrogens is 4. The molecule has 5 heteroatoms. The molecule has 0 unspecified atom stereocenters. The topological polar surface area (TPSA) is 35.6 Å². The third-order valence-electron chi connectivity index (χ3n) is 10.7. The van der Waals surface area contributed by atoms with Crippen molar-refractivity contribution in [2.45, 2.75) is 0 Å². The summed E-state index contributed by atoms with van der Waals surface area (Å²) in [7, 11) is 0. The first kappa shape index (κ1) is 31.4. The van der Waals surface area contributed by atoms with Crippen molar-refractivity contribution in [3.63, 3.8) is 0 Å². The number of fused-ring (bicyclic) bond motifs is 6. The number of benzene rings is 8. The van der Waals surface area contributed by atoms with E-state index >= 15 is 0 Å². The largest absolute Gasteiger partial charge is 0.309 e. The van der Waals surface area contributed by atoms with Crippen LogP contribution in [-0.2, 0) is 0 Å². The molecule has 0 aliphatic heterocycles. The van der Waals surface area contributed by atoms with E-state index in [9.17, 15) is 0 Å². The monoisotopic (exact) mass is 720 g/mol. The molecule has 0 aliphatic rings. The van der Waals surface area contributed by atoms with E-state index in [2.05, 4.69) is 203 Å². The van der Waals surface area contributed by atoms with Crippen molar-refractivity contribution >= 4 is 54.9 Å². The van der Waals surface area contributed by atoms with Gasteiger partial charge in [-0.3, -0.25) is 0 Å². The van der Waals surface area contributed by atoms with E-state index in [0.29, 0.717) is 0 Å². The summed E-state index contributed by atoms with van der Waals surface area (Å²) in [5, 5.41) is 16.4. The highest BCUT2D eigenvalue weighted by atomic mass is 32.1. The Morgan fingerprint density at radius 3 is 1.51 bits per heavy atom. The summed E-state index contributed by atoms with van der Waals surface area (Å²) in [5.74, 6) is 0. The molecule has 258 valence electrons. The van der Waals surface area contributed by atoms with Crippen molar-refractivity contribution in [3.05, 3.63) is 194 Å². The molecule has 0 amide bonds. The fraction of sp³-hybridized carbons (Fsp3) is 0. The Morgan fingerprint density at radius 2 is 0.818 bits per heavy atom. The second kappa shape index (κ2) is 12.8. The third-order valence-corrected chi connectivity index (χ3v) is 11.7. The van der Waals surface area contributed by atoms with E-state index in [1.54, 1.807) is 11.3 Å². The van der Waals surface area contributed by atoms with Crippen LogP contribution >= 0.6 is 11.3 Å². The van der Waals surface area contributed by atoms with Crippen molar-refractivity contribution in [1.29, 1.82) is 0 Å². The van der Waals surface area contributed by atoms with Crippen molar-refractivity contribution < 1.29 is 0 Å². The van der Waals surface area contributed by atoms with Crippen LogP contribution in [0.3, 0.4) is 0 Å². The highest BCUT2D eigenvalue weighted by Gasteiger charge is 2.22. The summed E-state index contributed by atoms with van der Waals surface area (Å²) in [4.78, 5) is 0. The van der Waals surface area contributed by atoms with E-state index in [4.69, 9.17) is 10.2 Å². The first-order chi connectivity index (χ1) is 27.3. The second-order valence-electron chi connectivity index (χ2n) is 13.9. The molecule has 0 N–H and O–H groups in total. The summed E-state index contributed by atoms with van der Waals surface area (Å²) in [6.45, 7) is 0. The van der Waals surface area contributed by atoms with Crippen molar-refractivity contribution in [1.82, 2.24) is 19.3 Å². The van der Waals surface area contributed by atoms with Gasteiger partial charge in [0.2, 0.25) is 0 Å². The van der Waals surface area contributed by atoms with Crippen LogP contribution in [0.4, 0.5) is 0 Å². The van der Waals surface area contributed by atoms with E-state index < -0.39 is 0 Å². The van der Waals surface area contributed by atoms with Crippen molar-refractivity contribution in [3.8, 4) is 54.8 Å². The molecule has 11 aromatic rings. The Morgan fingerprint density at radius 1 is 0.345 bits per heavy atom. The van der Waals surface area contributed by atoms with Gasteiger partial charge in [0.15, 0.2) is 0 Å². The zero-order valence-electron chi connectivity index (χ0n) is 29.7. The van der Waals surface area contributed by atoms with Crippen molar-refractivity contribution in [2.24, 2.45) is 0 Å². The van der Waals surface area contributed by atoms with Gasteiger partial charge >= 0.3 is 0 Å². The number of hydrogen-bond donors (Lipinski definition) is 0. The highest BCUT2D eigenvalue weighted by molar-refractivity contribution is 7.18. The maximum Gasteiger partial charge on any atom is 0.150 e. The molecule has 3 heterocycles. The lowest BCUT2D eigenvalue weighted by molar-refractivity contribution is 1.10. The van der Waals surface area contributed by atoms with Crippen LogP contribution in [0.1, 0.15) is 0 Å². The van der Waals surface area contributed by atoms with E-state index in [0.717, 1.165) is 54.6 Å². The molecule has 0 aliphatic carbocycles. The summed E-state index contributed by atoms with van der Waals surface area (Å²) >= 11 is 1.65. The molecule has 0 atom stereocenters. The second-order valence-corrected chi connectivity index (χ2v) is 14.8. The molecular formula is C50H32N4S. The lowest BCUT2D eigenvalue weighted by Crippen LogP contribution is -1.96. The van der Waals surface area contributed by atoms with Gasteiger partial charge in [-0.25, -0.2) is 0 Å². The summed E-state index contributed by atoms with van der Waals surface area (Å²) < 4.78 is 4.77. The van der Waals surface area contributed by atoms with Crippen LogP contribution in [-0.4, -0.2) is 19.3 Å². The van der Waals surface area contributed by atoms with Gasteiger partial charge in [-0.05, 0) is 70.8 Å². The Kier molecular flexibility index (Phi) is 7.32. The lowest BCUT2D eigenvalue weighted by atomic mass is 10.1. The van der Waals surface area contributed by atoms with Gasteiger partial charge in [0, 0.05) is 44.0 Å². The first-order valence-corrected chi connectivity index (χ1v) is 19.3. The molecule has 0 bridgehead atoms. The van der Waals surface area contributed by atoms with E-state index in [1.165, 1.54) is 43.8 Å². The SMILES string of the molecule is c1ccc(-c2cccc(-n3c4ccccc4c4c(-c5nnc(-c6cccc7c8ccccc8n(-c8cccc(-c9ccccc9)c8)c67)s5)cccc43)c2)cc1. The van der Waals surface area contributed by atoms with Crippen LogP contribution in [0.2, 0.25) is 0 Å². The van der Waals surface area contributed by atoms with Gasteiger partial charge < -0.3 is 9.13 Å². The fourth-order valence-electron chi connectivity index (χ4n) is 8.29. The first-order valence-electron chi connectivity index (χ1n) is 18.5. The quantitative estimate of drug-likeness (QED) is 0.171. The van der Waals surface area contributed by atoms with Crippen molar-refractivity contribution in [2.75, 3.05) is 0 Å². The molecule has 0 fully saturated rings. The molecular weight excluding hydrogens is 689 g/mol. The molecule has 11 rings (SSSR count). The Labute approximate surface area is 321 Å². The maximum atomic E-state index is 4.93. The molecule has 0 saturated carbocycles. The number of nitrogens with zero attached hydrogens (tertiary/aromatic N) is 4. The molecule has 0 radical (unpaired) electrons. The summed E-state index contributed by atoms with van der Waals surface area (Å²) in [5.41, 5.74) is 13.7. The Bertz CT molecular complexity index is 3210.